The number of urea groups is 1. The van der Waals surface area contributed by atoms with Gasteiger partial charge in [0.15, 0.2) is 0 Å². The summed E-state index contributed by atoms with van der Waals surface area (Å²) < 4.78 is 2.00. The largest absolute Gasteiger partial charge is 0.322 e. The Bertz CT molecular complexity index is 728. The van der Waals surface area contributed by atoms with Crippen LogP contribution in [-0.2, 0) is 0 Å². The Kier molecular flexibility index (Phi) is 5.14. The number of anilines is 1. The fraction of sp³-hybridized carbons (Fsp3) is 0.444. The number of amides is 2. The minimum absolute atomic E-state index is 0.0202. The van der Waals surface area contributed by atoms with Crippen molar-refractivity contribution in [1.82, 2.24) is 14.7 Å². The number of aryl methyl sites for hydroxylation is 2. The number of aromatic nitrogens is 2. The predicted molar refractivity (Wildman–Crippen MR) is 98.8 cm³/mol. The molecule has 1 aromatic heterocycles. The third kappa shape index (κ3) is 3.59. The zero-order valence-electron chi connectivity index (χ0n) is 14.5. The number of nitrogens with zero attached hydrogens (tertiary/aromatic N) is 3. The van der Waals surface area contributed by atoms with Crippen molar-refractivity contribution >= 4 is 23.5 Å². The Morgan fingerprint density at radius 2 is 2.21 bits per heavy atom. The van der Waals surface area contributed by atoms with Gasteiger partial charge in [0, 0.05) is 24.2 Å². The van der Waals surface area contributed by atoms with Gasteiger partial charge < -0.3 is 10.2 Å². The van der Waals surface area contributed by atoms with Gasteiger partial charge in [0.1, 0.15) is 0 Å². The van der Waals surface area contributed by atoms with Gasteiger partial charge in [0.2, 0.25) is 0 Å². The van der Waals surface area contributed by atoms with E-state index in [0.717, 1.165) is 41.1 Å². The summed E-state index contributed by atoms with van der Waals surface area (Å²) in [4.78, 5) is 15.7. The number of carbonyl (C=O) groups is 1. The molecule has 1 aromatic carbocycles. The van der Waals surface area contributed by atoms with Gasteiger partial charge in [-0.25, -0.2) is 4.79 Å². The van der Waals surface area contributed by atoms with Gasteiger partial charge in [-0.1, -0.05) is 12.1 Å². The van der Waals surface area contributed by atoms with Crippen LogP contribution in [0.4, 0.5) is 10.5 Å². The third-order valence-corrected chi connectivity index (χ3v) is 5.25. The topological polar surface area (TPSA) is 50.2 Å². The zero-order chi connectivity index (χ0) is 17.1. The van der Waals surface area contributed by atoms with Gasteiger partial charge in [0.05, 0.1) is 17.9 Å². The Labute approximate surface area is 147 Å². The highest BCUT2D eigenvalue weighted by Gasteiger charge is 2.25. The number of benzene rings is 1. The molecular formula is C18H24N4OS. The zero-order valence-corrected chi connectivity index (χ0v) is 15.3. The van der Waals surface area contributed by atoms with E-state index in [1.165, 1.54) is 0 Å². The van der Waals surface area contributed by atoms with Crippen molar-refractivity contribution < 1.29 is 4.79 Å². The minimum atomic E-state index is -0.0202. The molecule has 128 valence electrons. The number of thioether (sulfide) groups is 1. The molecule has 2 heterocycles. The molecule has 6 heteroatoms. The van der Waals surface area contributed by atoms with Crippen LogP contribution in [0, 0.1) is 13.8 Å². The Hall–Kier alpha value is -1.95. The summed E-state index contributed by atoms with van der Waals surface area (Å²) in [5, 5.41) is 7.53. The van der Waals surface area contributed by atoms with E-state index < -0.39 is 0 Å². The van der Waals surface area contributed by atoms with Crippen LogP contribution in [0.2, 0.25) is 0 Å². The SMILES string of the molecule is CSc1cccc(C)c1NC(=O)N1CCC[C@@H](n2cc(C)cn2)C1. The second-order valence-electron chi connectivity index (χ2n) is 6.32. The van der Waals surface area contributed by atoms with E-state index in [4.69, 9.17) is 0 Å². The van der Waals surface area contributed by atoms with Crippen LogP contribution in [0.15, 0.2) is 35.5 Å². The molecule has 1 atom stereocenters. The predicted octanol–water partition coefficient (Wildman–Crippen LogP) is 4.09. The number of piperidine rings is 1. The fourth-order valence-electron chi connectivity index (χ4n) is 3.14. The number of para-hydroxylation sites is 1. The summed E-state index contributed by atoms with van der Waals surface area (Å²) in [6, 6.07) is 6.33. The molecular weight excluding hydrogens is 320 g/mol. The number of nitrogens with one attached hydrogen (secondary N) is 1. The van der Waals surface area contributed by atoms with Crippen molar-refractivity contribution in [2.24, 2.45) is 0 Å². The third-order valence-electron chi connectivity index (χ3n) is 4.47. The summed E-state index contributed by atoms with van der Waals surface area (Å²) in [6.45, 7) is 5.57. The first kappa shape index (κ1) is 16.9. The first-order valence-corrected chi connectivity index (χ1v) is 9.51. The highest BCUT2D eigenvalue weighted by atomic mass is 32.2. The van der Waals surface area contributed by atoms with E-state index in [0.29, 0.717) is 6.54 Å². The number of rotatable bonds is 3. The van der Waals surface area contributed by atoms with E-state index in [1.807, 2.05) is 54.1 Å². The van der Waals surface area contributed by atoms with Gasteiger partial charge in [-0.2, -0.15) is 5.10 Å². The molecule has 0 bridgehead atoms. The van der Waals surface area contributed by atoms with Crippen LogP contribution in [-0.4, -0.2) is 40.1 Å². The molecule has 3 rings (SSSR count). The van der Waals surface area contributed by atoms with Crippen LogP contribution >= 0.6 is 11.8 Å². The lowest BCUT2D eigenvalue weighted by atomic mass is 10.1. The molecule has 1 N–H and O–H groups in total. The van der Waals surface area contributed by atoms with Crippen LogP contribution in [0.5, 0.6) is 0 Å². The number of carbonyl (C=O) groups excluding carboxylic acids is 1. The van der Waals surface area contributed by atoms with Crippen molar-refractivity contribution in [2.45, 2.75) is 37.6 Å². The molecule has 2 aromatic rings. The van der Waals surface area contributed by atoms with E-state index in [1.54, 1.807) is 11.8 Å². The lowest BCUT2D eigenvalue weighted by Gasteiger charge is -2.33. The van der Waals surface area contributed by atoms with Crippen molar-refractivity contribution in [3.63, 3.8) is 0 Å². The number of hydrogen-bond acceptors (Lipinski definition) is 3. The molecule has 2 amide bonds. The standard InChI is InChI=1S/C18H24N4OS/c1-13-10-19-22(11-13)15-7-5-9-21(12-15)18(23)20-17-14(2)6-4-8-16(17)24-3/h4,6,8,10-11,15H,5,7,9,12H2,1-3H3,(H,20,23)/t15-/m1/s1. The maximum atomic E-state index is 12.7. The molecule has 0 aliphatic carbocycles. The summed E-state index contributed by atoms with van der Waals surface area (Å²) in [7, 11) is 0. The second kappa shape index (κ2) is 7.30. The Morgan fingerprint density at radius 3 is 2.92 bits per heavy atom. The van der Waals surface area contributed by atoms with E-state index in [-0.39, 0.29) is 12.1 Å². The maximum absolute atomic E-state index is 12.7. The molecule has 0 unspecified atom stereocenters. The molecule has 1 fully saturated rings. The lowest BCUT2D eigenvalue weighted by molar-refractivity contribution is 0.174. The summed E-state index contributed by atoms with van der Waals surface area (Å²) in [5.74, 6) is 0. The minimum Gasteiger partial charge on any atom is -0.322 e. The average molecular weight is 344 g/mol. The van der Waals surface area contributed by atoms with Gasteiger partial charge >= 0.3 is 6.03 Å². The molecule has 5 nitrogen and oxygen atoms in total. The molecule has 24 heavy (non-hydrogen) atoms. The van der Waals surface area contributed by atoms with Crippen LogP contribution in [0.25, 0.3) is 0 Å². The lowest BCUT2D eigenvalue weighted by Crippen LogP contribution is -2.43. The van der Waals surface area contributed by atoms with Gasteiger partial charge in [-0.15, -0.1) is 11.8 Å². The molecule has 1 aliphatic heterocycles. The monoisotopic (exact) mass is 344 g/mol. The number of likely N-dealkylation sites (tertiary alicyclic amines) is 1. The van der Waals surface area contributed by atoms with E-state index >= 15 is 0 Å². The highest BCUT2D eigenvalue weighted by molar-refractivity contribution is 7.98. The first-order chi connectivity index (χ1) is 11.6. The first-order valence-electron chi connectivity index (χ1n) is 8.29. The highest BCUT2D eigenvalue weighted by Crippen LogP contribution is 2.29. The molecule has 0 spiro atoms. The molecule has 0 saturated carbocycles. The summed E-state index contributed by atoms with van der Waals surface area (Å²) in [5.41, 5.74) is 3.17. The van der Waals surface area contributed by atoms with Gasteiger partial charge in [-0.3, -0.25) is 4.68 Å². The molecule has 0 radical (unpaired) electrons. The summed E-state index contributed by atoms with van der Waals surface area (Å²) in [6.07, 6.45) is 8.02. The smallest absolute Gasteiger partial charge is 0.321 e. The van der Waals surface area contributed by atoms with Crippen LogP contribution in [0.3, 0.4) is 0 Å². The van der Waals surface area contributed by atoms with Crippen molar-refractivity contribution in [3.05, 3.63) is 41.7 Å². The molecule has 1 saturated heterocycles. The Morgan fingerprint density at radius 1 is 1.38 bits per heavy atom. The Balaban J connectivity index is 1.71. The van der Waals surface area contributed by atoms with E-state index in [2.05, 4.69) is 16.6 Å². The number of hydrogen-bond donors (Lipinski definition) is 1. The molecule has 1 aliphatic rings. The summed E-state index contributed by atoms with van der Waals surface area (Å²) >= 11 is 1.65. The quantitative estimate of drug-likeness (QED) is 0.853. The van der Waals surface area contributed by atoms with Crippen molar-refractivity contribution in [3.8, 4) is 0 Å². The van der Waals surface area contributed by atoms with E-state index in [9.17, 15) is 4.79 Å². The second-order valence-corrected chi connectivity index (χ2v) is 7.17. The van der Waals surface area contributed by atoms with Gasteiger partial charge in [0.25, 0.3) is 0 Å². The van der Waals surface area contributed by atoms with Gasteiger partial charge in [-0.05, 0) is 50.1 Å². The maximum Gasteiger partial charge on any atom is 0.321 e. The average Bonchev–Trinajstić information content (AvgIpc) is 3.03. The van der Waals surface area contributed by atoms with Crippen molar-refractivity contribution in [2.75, 3.05) is 24.7 Å². The van der Waals surface area contributed by atoms with Crippen LogP contribution in [0.1, 0.15) is 30.0 Å². The fourth-order valence-corrected chi connectivity index (χ4v) is 3.78. The van der Waals surface area contributed by atoms with Crippen LogP contribution < -0.4 is 5.32 Å². The van der Waals surface area contributed by atoms with Crippen molar-refractivity contribution in [1.29, 1.82) is 0 Å². The normalized spacial score (nSPS) is 17.8.